The first-order chi connectivity index (χ1) is 8.75. The largest absolute Gasteiger partial charge is 0.457 e. The highest BCUT2D eigenvalue weighted by molar-refractivity contribution is 6.09. The van der Waals surface area contributed by atoms with Gasteiger partial charge in [0.2, 0.25) is 0 Å². The van der Waals surface area contributed by atoms with Crippen LogP contribution in [0.2, 0.25) is 0 Å². The van der Waals surface area contributed by atoms with E-state index in [1.54, 1.807) is 30.3 Å². The molecule has 18 heavy (non-hydrogen) atoms. The standard InChI is InChI=1S/C15H10O3/c16-14(10-4-2-1-3-5-10)11-6-7-13-12(8-11)9-18-15(13)17/h1-8H,9H2. The molecule has 2 aromatic carbocycles. The Kier molecular flexibility index (Phi) is 2.45. The lowest BCUT2D eigenvalue weighted by atomic mass is 9.99. The highest BCUT2D eigenvalue weighted by Gasteiger charge is 2.22. The van der Waals surface area contributed by atoms with Gasteiger partial charge in [0, 0.05) is 16.7 Å². The third-order valence-corrected chi connectivity index (χ3v) is 2.98. The number of hydrogen-bond acceptors (Lipinski definition) is 3. The van der Waals surface area contributed by atoms with Gasteiger partial charge in [-0.05, 0) is 12.1 Å². The monoisotopic (exact) mass is 238 g/mol. The summed E-state index contributed by atoms with van der Waals surface area (Å²) in [6.07, 6.45) is 0. The lowest BCUT2D eigenvalue weighted by molar-refractivity contribution is 0.0535. The molecule has 0 spiro atoms. The van der Waals surface area contributed by atoms with Crippen LogP contribution in [-0.4, -0.2) is 11.8 Å². The zero-order valence-corrected chi connectivity index (χ0v) is 9.55. The van der Waals surface area contributed by atoms with Crippen LogP contribution < -0.4 is 0 Å². The van der Waals surface area contributed by atoms with Gasteiger partial charge in [0.25, 0.3) is 0 Å². The molecular formula is C15H10O3. The summed E-state index contributed by atoms with van der Waals surface area (Å²) in [5.41, 5.74) is 2.56. The molecule has 0 radical (unpaired) electrons. The molecule has 0 bridgehead atoms. The second-order valence-electron chi connectivity index (χ2n) is 4.14. The van der Waals surface area contributed by atoms with Crippen molar-refractivity contribution in [3.05, 3.63) is 70.8 Å². The molecule has 0 amide bonds. The van der Waals surface area contributed by atoms with E-state index in [4.69, 9.17) is 4.74 Å². The molecule has 1 aliphatic rings. The fraction of sp³-hybridized carbons (Fsp3) is 0.0667. The van der Waals surface area contributed by atoms with Crippen molar-refractivity contribution in [2.75, 3.05) is 0 Å². The number of benzene rings is 2. The number of hydrogen-bond donors (Lipinski definition) is 0. The van der Waals surface area contributed by atoms with Gasteiger partial charge in [0.15, 0.2) is 5.78 Å². The average molecular weight is 238 g/mol. The Labute approximate surface area is 104 Å². The van der Waals surface area contributed by atoms with E-state index < -0.39 is 0 Å². The molecule has 2 aromatic rings. The normalized spacial score (nSPS) is 13.0. The van der Waals surface area contributed by atoms with Gasteiger partial charge in [-0.3, -0.25) is 4.79 Å². The SMILES string of the molecule is O=C(c1ccccc1)c1ccc2c(c1)COC2=O. The molecule has 1 heterocycles. The van der Waals surface area contributed by atoms with Gasteiger partial charge in [0.05, 0.1) is 5.56 Å². The number of ether oxygens (including phenoxy) is 1. The second kappa shape index (κ2) is 4.11. The van der Waals surface area contributed by atoms with Gasteiger partial charge in [-0.25, -0.2) is 4.79 Å². The second-order valence-corrected chi connectivity index (χ2v) is 4.14. The fourth-order valence-electron chi connectivity index (χ4n) is 2.03. The van der Waals surface area contributed by atoms with Crippen LogP contribution in [0.25, 0.3) is 0 Å². The molecule has 3 nitrogen and oxygen atoms in total. The van der Waals surface area contributed by atoms with Crippen LogP contribution in [0.4, 0.5) is 0 Å². The molecule has 3 heteroatoms. The molecular weight excluding hydrogens is 228 g/mol. The number of cyclic esters (lactones) is 1. The van der Waals surface area contributed by atoms with Gasteiger partial charge in [-0.2, -0.15) is 0 Å². The van der Waals surface area contributed by atoms with Crippen LogP contribution in [0.3, 0.4) is 0 Å². The first kappa shape index (κ1) is 10.7. The highest BCUT2D eigenvalue weighted by atomic mass is 16.5. The maximum atomic E-state index is 12.2. The van der Waals surface area contributed by atoms with Gasteiger partial charge >= 0.3 is 5.97 Å². The van der Waals surface area contributed by atoms with E-state index in [-0.39, 0.29) is 18.4 Å². The number of rotatable bonds is 2. The molecule has 1 aliphatic heterocycles. The van der Waals surface area contributed by atoms with Gasteiger partial charge in [0.1, 0.15) is 6.61 Å². The summed E-state index contributed by atoms with van der Waals surface area (Å²) in [5.74, 6) is -0.360. The molecule has 0 fully saturated rings. The number of esters is 1. The highest BCUT2D eigenvalue weighted by Crippen LogP contribution is 2.22. The molecule has 0 saturated heterocycles. The summed E-state index contributed by atoms with van der Waals surface area (Å²) in [4.78, 5) is 23.5. The van der Waals surface area contributed by atoms with Crippen LogP contribution in [0, 0.1) is 0 Å². The van der Waals surface area contributed by atoms with E-state index in [0.717, 1.165) is 5.56 Å². The van der Waals surface area contributed by atoms with Crippen molar-refractivity contribution < 1.29 is 14.3 Å². The summed E-state index contributed by atoms with van der Waals surface area (Å²) in [6.45, 7) is 0.254. The lowest BCUT2D eigenvalue weighted by Gasteiger charge is -2.02. The van der Waals surface area contributed by atoms with E-state index in [2.05, 4.69) is 0 Å². The van der Waals surface area contributed by atoms with Crippen LogP contribution in [-0.2, 0) is 11.3 Å². The molecule has 3 rings (SSSR count). The van der Waals surface area contributed by atoms with Crippen LogP contribution in [0.5, 0.6) is 0 Å². The third-order valence-electron chi connectivity index (χ3n) is 2.98. The van der Waals surface area contributed by atoms with E-state index >= 15 is 0 Å². The maximum Gasteiger partial charge on any atom is 0.338 e. The van der Waals surface area contributed by atoms with Gasteiger partial charge in [-0.1, -0.05) is 36.4 Å². The Balaban J connectivity index is 1.99. The molecule has 0 aromatic heterocycles. The zero-order chi connectivity index (χ0) is 12.5. The fourth-order valence-corrected chi connectivity index (χ4v) is 2.03. The molecule has 0 saturated carbocycles. The number of ketones is 1. The summed E-state index contributed by atoms with van der Waals surface area (Å²) >= 11 is 0. The Morgan fingerprint density at radius 1 is 1.00 bits per heavy atom. The van der Waals surface area contributed by atoms with Crippen molar-refractivity contribution >= 4 is 11.8 Å². The van der Waals surface area contributed by atoms with Crippen molar-refractivity contribution in [1.29, 1.82) is 0 Å². The Morgan fingerprint density at radius 2 is 1.78 bits per heavy atom. The minimum absolute atomic E-state index is 0.0438. The predicted octanol–water partition coefficient (Wildman–Crippen LogP) is 2.59. The molecule has 0 atom stereocenters. The number of carbonyl (C=O) groups is 2. The lowest BCUT2D eigenvalue weighted by Crippen LogP contribution is -2.02. The molecule has 0 N–H and O–H groups in total. The smallest absolute Gasteiger partial charge is 0.338 e. The van der Waals surface area contributed by atoms with E-state index in [1.807, 2.05) is 18.2 Å². The summed E-state index contributed by atoms with van der Waals surface area (Å²) < 4.78 is 4.91. The van der Waals surface area contributed by atoms with E-state index in [0.29, 0.717) is 16.7 Å². The van der Waals surface area contributed by atoms with Crippen LogP contribution in [0.15, 0.2) is 48.5 Å². The van der Waals surface area contributed by atoms with E-state index in [1.165, 1.54) is 0 Å². The van der Waals surface area contributed by atoms with Gasteiger partial charge in [-0.15, -0.1) is 0 Å². The Morgan fingerprint density at radius 3 is 2.56 bits per heavy atom. The molecule has 0 unspecified atom stereocenters. The quantitative estimate of drug-likeness (QED) is 0.596. The topological polar surface area (TPSA) is 43.4 Å². The number of fused-ring (bicyclic) bond motifs is 1. The van der Waals surface area contributed by atoms with Crippen molar-refractivity contribution in [1.82, 2.24) is 0 Å². The average Bonchev–Trinajstić information content (AvgIpc) is 2.80. The minimum atomic E-state index is -0.316. The van der Waals surface area contributed by atoms with Crippen molar-refractivity contribution in [2.24, 2.45) is 0 Å². The summed E-state index contributed by atoms with van der Waals surface area (Å²) in [5, 5.41) is 0. The predicted molar refractivity (Wildman–Crippen MR) is 65.4 cm³/mol. The molecule has 88 valence electrons. The van der Waals surface area contributed by atoms with Crippen molar-refractivity contribution in [3.8, 4) is 0 Å². The summed E-state index contributed by atoms with van der Waals surface area (Å²) in [6, 6.07) is 14.1. The van der Waals surface area contributed by atoms with Crippen LogP contribution in [0.1, 0.15) is 31.8 Å². The van der Waals surface area contributed by atoms with Gasteiger partial charge < -0.3 is 4.74 Å². The first-order valence-electron chi connectivity index (χ1n) is 5.65. The first-order valence-corrected chi connectivity index (χ1v) is 5.65. The molecule has 0 aliphatic carbocycles. The Hall–Kier alpha value is -2.42. The minimum Gasteiger partial charge on any atom is -0.457 e. The maximum absolute atomic E-state index is 12.2. The van der Waals surface area contributed by atoms with Crippen molar-refractivity contribution in [2.45, 2.75) is 6.61 Å². The van der Waals surface area contributed by atoms with E-state index in [9.17, 15) is 9.59 Å². The summed E-state index contributed by atoms with van der Waals surface area (Å²) in [7, 11) is 0. The van der Waals surface area contributed by atoms with Crippen LogP contribution >= 0.6 is 0 Å². The Bertz CT molecular complexity index is 629. The third kappa shape index (κ3) is 1.70. The number of carbonyl (C=O) groups excluding carboxylic acids is 2. The zero-order valence-electron chi connectivity index (χ0n) is 9.55. The van der Waals surface area contributed by atoms with Crippen molar-refractivity contribution in [3.63, 3.8) is 0 Å².